The quantitative estimate of drug-likeness (QED) is 0.846. The van der Waals surface area contributed by atoms with E-state index in [9.17, 15) is 0 Å². The van der Waals surface area contributed by atoms with Crippen molar-refractivity contribution in [1.29, 1.82) is 0 Å². The maximum Gasteiger partial charge on any atom is 0.213 e. The average Bonchev–Trinajstić information content (AvgIpc) is 2.99. The molecule has 1 aliphatic rings. The van der Waals surface area contributed by atoms with Crippen molar-refractivity contribution in [3.05, 3.63) is 47.4 Å². The number of pyridine rings is 2. The molecule has 2 aromatic rings. The number of nitrogens with zero attached hydrogens (tertiary/aromatic N) is 2. The summed E-state index contributed by atoms with van der Waals surface area (Å²) in [6.07, 6.45) is 8.61. The molecule has 0 radical (unpaired) electrons. The molecule has 0 atom stereocenters. The zero-order chi connectivity index (χ0) is 14.5. The van der Waals surface area contributed by atoms with Crippen LogP contribution in [0.5, 0.6) is 5.88 Å². The zero-order valence-electron chi connectivity index (χ0n) is 11.8. The fourth-order valence-corrected chi connectivity index (χ4v) is 2.69. The van der Waals surface area contributed by atoms with Crippen molar-refractivity contribution < 1.29 is 4.74 Å². The maximum absolute atomic E-state index is 5.92. The number of halogens is 1. The largest absolute Gasteiger partial charge is 0.474 e. The second kappa shape index (κ2) is 6.76. The van der Waals surface area contributed by atoms with E-state index in [4.69, 9.17) is 16.3 Å². The number of aromatic nitrogens is 2. The van der Waals surface area contributed by atoms with Crippen LogP contribution in [-0.4, -0.2) is 16.1 Å². The first-order valence-electron chi connectivity index (χ1n) is 7.26. The molecule has 0 unspecified atom stereocenters. The average molecular weight is 304 g/mol. The standard InChI is InChI=1S/C16H18ClN3O/c17-15-10-13(6-8-18-15)20-11-12-5-7-19-16(9-12)21-14-3-1-2-4-14/h5-10,14H,1-4,11H2,(H,18,20). The fourth-order valence-electron chi connectivity index (χ4n) is 2.52. The van der Waals surface area contributed by atoms with Gasteiger partial charge in [-0.25, -0.2) is 9.97 Å². The summed E-state index contributed by atoms with van der Waals surface area (Å²) >= 11 is 5.87. The molecular formula is C16H18ClN3O. The molecule has 0 amide bonds. The summed E-state index contributed by atoms with van der Waals surface area (Å²) in [5.41, 5.74) is 2.08. The molecule has 4 nitrogen and oxygen atoms in total. The normalized spacial score (nSPS) is 15.1. The van der Waals surface area contributed by atoms with E-state index in [0.717, 1.165) is 24.1 Å². The molecule has 3 rings (SSSR count). The number of ether oxygens (including phenoxy) is 1. The molecule has 2 aromatic heterocycles. The minimum absolute atomic E-state index is 0.333. The fraction of sp³-hybridized carbons (Fsp3) is 0.375. The van der Waals surface area contributed by atoms with E-state index in [-0.39, 0.29) is 0 Å². The lowest BCUT2D eigenvalue weighted by molar-refractivity contribution is 0.201. The van der Waals surface area contributed by atoms with Gasteiger partial charge in [0.1, 0.15) is 11.3 Å². The van der Waals surface area contributed by atoms with Gasteiger partial charge in [0, 0.05) is 30.7 Å². The van der Waals surface area contributed by atoms with E-state index in [2.05, 4.69) is 15.3 Å². The first-order chi connectivity index (χ1) is 10.3. The highest BCUT2D eigenvalue weighted by atomic mass is 35.5. The van der Waals surface area contributed by atoms with E-state index in [1.54, 1.807) is 18.5 Å². The van der Waals surface area contributed by atoms with Gasteiger partial charge in [-0.3, -0.25) is 0 Å². The van der Waals surface area contributed by atoms with Crippen molar-refractivity contribution in [3.8, 4) is 5.88 Å². The molecule has 2 heterocycles. The van der Waals surface area contributed by atoms with Crippen LogP contribution < -0.4 is 10.1 Å². The minimum Gasteiger partial charge on any atom is -0.474 e. The summed E-state index contributed by atoms with van der Waals surface area (Å²) in [5, 5.41) is 3.80. The van der Waals surface area contributed by atoms with E-state index in [1.165, 1.54) is 12.8 Å². The minimum atomic E-state index is 0.333. The van der Waals surface area contributed by atoms with Crippen LogP contribution in [0.25, 0.3) is 0 Å². The summed E-state index contributed by atoms with van der Waals surface area (Å²) in [4.78, 5) is 8.25. The Hall–Kier alpha value is -1.81. The van der Waals surface area contributed by atoms with Crippen LogP contribution in [0.4, 0.5) is 5.69 Å². The van der Waals surface area contributed by atoms with E-state index >= 15 is 0 Å². The summed E-state index contributed by atoms with van der Waals surface area (Å²) < 4.78 is 5.92. The van der Waals surface area contributed by atoms with Crippen LogP contribution in [0.1, 0.15) is 31.2 Å². The lowest BCUT2D eigenvalue weighted by atomic mass is 10.2. The lowest BCUT2D eigenvalue weighted by Gasteiger charge is -2.13. The van der Waals surface area contributed by atoms with Crippen molar-refractivity contribution in [3.63, 3.8) is 0 Å². The molecule has 0 saturated heterocycles. The predicted octanol–water partition coefficient (Wildman–Crippen LogP) is 4.06. The number of hydrogen-bond acceptors (Lipinski definition) is 4. The Morgan fingerprint density at radius 3 is 2.76 bits per heavy atom. The van der Waals surface area contributed by atoms with Crippen LogP contribution in [0.2, 0.25) is 5.15 Å². The Bertz CT molecular complexity index is 600. The molecule has 1 aliphatic carbocycles. The van der Waals surface area contributed by atoms with Gasteiger partial charge in [0.05, 0.1) is 0 Å². The van der Waals surface area contributed by atoms with Gasteiger partial charge < -0.3 is 10.1 Å². The zero-order valence-corrected chi connectivity index (χ0v) is 12.5. The second-order valence-electron chi connectivity index (χ2n) is 5.25. The van der Waals surface area contributed by atoms with Crippen molar-refractivity contribution in [2.45, 2.75) is 38.3 Å². The molecule has 1 saturated carbocycles. The molecule has 21 heavy (non-hydrogen) atoms. The summed E-state index contributed by atoms with van der Waals surface area (Å²) in [6.45, 7) is 0.698. The second-order valence-corrected chi connectivity index (χ2v) is 5.63. The van der Waals surface area contributed by atoms with Gasteiger partial charge in [0.25, 0.3) is 0 Å². The Morgan fingerprint density at radius 2 is 1.95 bits per heavy atom. The molecule has 0 bridgehead atoms. The SMILES string of the molecule is Clc1cc(NCc2ccnc(OC3CCCC3)c2)ccn1. The van der Waals surface area contributed by atoms with Crippen LogP contribution in [0.15, 0.2) is 36.7 Å². The van der Waals surface area contributed by atoms with Crippen LogP contribution in [0, 0.1) is 0 Å². The molecule has 5 heteroatoms. The first kappa shape index (κ1) is 14.1. The third-order valence-electron chi connectivity index (χ3n) is 3.61. The molecule has 0 spiro atoms. The monoisotopic (exact) mass is 303 g/mol. The Labute approximate surface area is 129 Å². The van der Waals surface area contributed by atoms with Crippen LogP contribution >= 0.6 is 11.6 Å². The topological polar surface area (TPSA) is 47.0 Å². The van der Waals surface area contributed by atoms with Gasteiger partial charge >= 0.3 is 0 Å². The Kier molecular flexibility index (Phi) is 4.55. The number of rotatable bonds is 5. The van der Waals surface area contributed by atoms with Gasteiger partial charge in [0.2, 0.25) is 5.88 Å². The van der Waals surface area contributed by atoms with Gasteiger partial charge in [-0.15, -0.1) is 0 Å². The molecule has 0 aliphatic heterocycles. The highest BCUT2D eigenvalue weighted by molar-refractivity contribution is 6.29. The van der Waals surface area contributed by atoms with Gasteiger partial charge in [-0.1, -0.05) is 11.6 Å². The van der Waals surface area contributed by atoms with Crippen molar-refractivity contribution >= 4 is 17.3 Å². The third-order valence-corrected chi connectivity index (χ3v) is 3.82. The van der Waals surface area contributed by atoms with E-state index < -0.39 is 0 Å². The summed E-state index contributed by atoms with van der Waals surface area (Å²) in [6, 6.07) is 7.67. The van der Waals surface area contributed by atoms with Crippen LogP contribution in [-0.2, 0) is 6.54 Å². The van der Waals surface area contributed by atoms with Crippen molar-refractivity contribution in [2.75, 3.05) is 5.32 Å². The Balaban J connectivity index is 1.60. The highest BCUT2D eigenvalue weighted by Crippen LogP contribution is 2.23. The van der Waals surface area contributed by atoms with Crippen molar-refractivity contribution in [2.24, 2.45) is 0 Å². The number of anilines is 1. The molecule has 1 fully saturated rings. The van der Waals surface area contributed by atoms with E-state index in [1.807, 2.05) is 18.2 Å². The van der Waals surface area contributed by atoms with Crippen LogP contribution in [0.3, 0.4) is 0 Å². The summed E-state index contributed by atoms with van der Waals surface area (Å²) in [5.74, 6) is 0.717. The van der Waals surface area contributed by atoms with E-state index in [0.29, 0.717) is 23.7 Å². The third kappa shape index (κ3) is 4.08. The van der Waals surface area contributed by atoms with Gasteiger partial charge in [-0.05, 0) is 49.4 Å². The molecule has 0 aromatic carbocycles. The van der Waals surface area contributed by atoms with Gasteiger partial charge in [-0.2, -0.15) is 0 Å². The number of nitrogens with one attached hydrogen (secondary N) is 1. The lowest BCUT2D eigenvalue weighted by Crippen LogP contribution is -2.12. The molecular weight excluding hydrogens is 286 g/mol. The van der Waals surface area contributed by atoms with Gasteiger partial charge in [0.15, 0.2) is 0 Å². The van der Waals surface area contributed by atoms with Crippen molar-refractivity contribution in [1.82, 2.24) is 9.97 Å². The maximum atomic E-state index is 5.92. The smallest absolute Gasteiger partial charge is 0.213 e. The predicted molar refractivity (Wildman–Crippen MR) is 83.7 cm³/mol. The first-order valence-corrected chi connectivity index (χ1v) is 7.64. The number of hydrogen-bond donors (Lipinski definition) is 1. The molecule has 110 valence electrons. The summed E-state index contributed by atoms with van der Waals surface area (Å²) in [7, 11) is 0. The molecule has 1 N–H and O–H groups in total. The Morgan fingerprint density at radius 1 is 1.14 bits per heavy atom. The highest BCUT2D eigenvalue weighted by Gasteiger charge is 2.16.